The van der Waals surface area contributed by atoms with Gasteiger partial charge in [0.05, 0.1) is 12.2 Å². The third kappa shape index (κ3) is 4.84. The molecule has 0 aliphatic heterocycles. The average molecular weight is 277 g/mol. The van der Waals surface area contributed by atoms with Crippen molar-refractivity contribution in [3.63, 3.8) is 0 Å². The first-order valence-electron chi connectivity index (χ1n) is 5.19. The maximum absolute atomic E-state index is 11.5. The monoisotopic (exact) mass is 277 g/mol. The molecule has 96 valence electrons. The van der Waals surface area contributed by atoms with Crippen LogP contribution in [0.1, 0.15) is 23.8 Å². The number of sulfonamides is 1. The number of carbonyl (C=O) groups is 1. The van der Waals surface area contributed by atoms with E-state index in [1.54, 1.807) is 0 Å². The van der Waals surface area contributed by atoms with Crippen LogP contribution in [0.5, 0.6) is 0 Å². The zero-order valence-electron chi connectivity index (χ0n) is 9.47. The van der Waals surface area contributed by atoms with Crippen LogP contribution in [0.25, 0.3) is 0 Å². The standard InChI is InChI=1S/C10H15NO4S2/c1-2-8-3-5-16-9(8)7-11-17(14,15)6-4-10(12)13/h3,5,11H,2,4,6-7H2,1H3,(H,12,13). The Morgan fingerprint density at radius 2 is 2.24 bits per heavy atom. The first-order valence-corrected chi connectivity index (χ1v) is 7.72. The van der Waals surface area contributed by atoms with Crippen LogP contribution in [0, 0.1) is 0 Å². The second-order valence-corrected chi connectivity index (χ2v) is 6.43. The Bertz CT molecular complexity index is 478. The van der Waals surface area contributed by atoms with E-state index in [1.807, 2.05) is 18.4 Å². The van der Waals surface area contributed by atoms with Crippen LogP contribution >= 0.6 is 11.3 Å². The summed E-state index contributed by atoms with van der Waals surface area (Å²) in [5, 5.41) is 10.3. The molecule has 1 aromatic heterocycles. The quantitative estimate of drug-likeness (QED) is 0.784. The van der Waals surface area contributed by atoms with E-state index in [-0.39, 0.29) is 18.7 Å². The molecule has 0 saturated heterocycles. The van der Waals surface area contributed by atoms with E-state index in [1.165, 1.54) is 11.3 Å². The lowest BCUT2D eigenvalue weighted by Gasteiger charge is -2.05. The van der Waals surface area contributed by atoms with Crippen molar-refractivity contribution in [1.29, 1.82) is 0 Å². The van der Waals surface area contributed by atoms with Crippen LogP contribution in [0.4, 0.5) is 0 Å². The Balaban J connectivity index is 2.52. The fourth-order valence-electron chi connectivity index (χ4n) is 1.31. The lowest BCUT2D eigenvalue weighted by atomic mass is 10.2. The van der Waals surface area contributed by atoms with Crippen LogP contribution in [-0.4, -0.2) is 25.2 Å². The molecule has 0 aliphatic carbocycles. The molecule has 0 amide bonds. The summed E-state index contributed by atoms with van der Waals surface area (Å²) in [5.41, 5.74) is 1.12. The molecule has 0 spiro atoms. The summed E-state index contributed by atoms with van der Waals surface area (Å²) in [4.78, 5) is 11.3. The van der Waals surface area contributed by atoms with Gasteiger partial charge in [0.15, 0.2) is 0 Å². The molecule has 0 radical (unpaired) electrons. The van der Waals surface area contributed by atoms with Gasteiger partial charge in [0, 0.05) is 11.4 Å². The highest BCUT2D eigenvalue weighted by atomic mass is 32.2. The summed E-state index contributed by atoms with van der Waals surface area (Å²) in [7, 11) is -3.50. The van der Waals surface area contributed by atoms with Gasteiger partial charge in [-0.15, -0.1) is 11.3 Å². The number of carboxylic acids is 1. The molecule has 0 bridgehead atoms. The number of thiophene rings is 1. The molecule has 17 heavy (non-hydrogen) atoms. The first kappa shape index (κ1) is 14.1. The van der Waals surface area contributed by atoms with Gasteiger partial charge in [-0.05, 0) is 23.4 Å². The number of aryl methyl sites for hydroxylation is 1. The molecule has 1 heterocycles. The SMILES string of the molecule is CCc1ccsc1CNS(=O)(=O)CCC(=O)O. The Labute approximate surface area is 105 Å². The maximum atomic E-state index is 11.5. The topological polar surface area (TPSA) is 83.5 Å². The van der Waals surface area contributed by atoms with Crippen molar-refractivity contribution in [3.05, 3.63) is 21.9 Å². The van der Waals surface area contributed by atoms with Crippen molar-refractivity contribution in [2.75, 3.05) is 5.75 Å². The summed E-state index contributed by atoms with van der Waals surface area (Å²) in [6.07, 6.45) is 0.482. The summed E-state index contributed by atoms with van der Waals surface area (Å²) in [6.45, 7) is 2.24. The maximum Gasteiger partial charge on any atom is 0.304 e. The van der Waals surface area contributed by atoms with Crippen LogP contribution in [0.2, 0.25) is 0 Å². The van der Waals surface area contributed by atoms with Gasteiger partial charge >= 0.3 is 5.97 Å². The van der Waals surface area contributed by atoms with Gasteiger partial charge in [0.1, 0.15) is 0 Å². The van der Waals surface area contributed by atoms with E-state index in [0.717, 1.165) is 16.9 Å². The van der Waals surface area contributed by atoms with Crippen molar-refractivity contribution in [2.24, 2.45) is 0 Å². The van der Waals surface area contributed by atoms with E-state index in [4.69, 9.17) is 5.11 Å². The number of nitrogens with one attached hydrogen (secondary N) is 1. The fourth-order valence-corrected chi connectivity index (χ4v) is 3.27. The molecular weight excluding hydrogens is 262 g/mol. The third-order valence-electron chi connectivity index (χ3n) is 2.26. The zero-order chi connectivity index (χ0) is 12.9. The smallest absolute Gasteiger partial charge is 0.304 e. The fraction of sp³-hybridized carbons (Fsp3) is 0.500. The van der Waals surface area contributed by atoms with Crippen LogP contribution in [-0.2, 0) is 27.8 Å². The van der Waals surface area contributed by atoms with Gasteiger partial charge < -0.3 is 5.11 Å². The molecule has 1 rings (SSSR count). The van der Waals surface area contributed by atoms with Gasteiger partial charge in [-0.1, -0.05) is 6.92 Å². The predicted molar refractivity (Wildman–Crippen MR) is 66.6 cm³/mol. The highest BCUT2D eigenvalue weighted by Gasteiger charge is 2.13. The highest BCUT2D eigenvalue weighted by molar-refractivity contribution is 7.89. The van der Waals surface area contributed by atoms with E-state index in [0.29, 0.717) is 0 Å². The average Bonchev–Trinajstić information content (AvgIpc) is 2.71. The van der Waals surface area contributed by atoms with Crippen LogP contribution in [0.3, 0.4) is 0 Å². The number of hydrogen-bond donors (Lipinski definition) is 2. The summed E-state index contributed by atoms with van der Waals surface area (Å²) >= 11 is 1.50. The van der Waals surface area contributed by atoms with E-state index < -0.39 is 16.0 Å². The lowest BCUT2D eigenvalue weighted by Crippen LogP contribution is -2.27. The zero-order valence-corrected chi connectivity index (χ0v) is 11.1. The first-order chi connectivity index (χ1) is 7.94. The predicted octanol–water partition coefficient (Wildman–Crippen LogP) is 1.20. The summed E-state index contributed by atoms with van der Waals surface area (Å²) in [6, 6.07) is 1.96. The molecule has 0 unspecified atom stereocenters. The van der Waals surface area contributed by atoms with E-state index in [2.05, 4.69) is 4.72 Å². The van der Waals surface area contributed by atoms with Crippen LogP contribution in [0.15, 0.2) is 11.4 Å². The highest BCUT2D eigenvalue weighted by Crippen LogP contribution is 2.17. The molecule has 5 nitrogen and oxygen atoms in total. The molecule has 0 fully saturated rings. The van der Waals surface area contributed by atoms with Crippen molar-refractivity contribution in [2.45, 2.75) is 26.3 Å². The molecule has 7 heteroatoms. The second kappa shape index (κ2) is 6.13. The number of hydrogen-bond acceptors (Lipinski definition) is 4. The lowest BCUT2D eigenvalue weighted by molar-refractivity contribution is -0.136. The molecule has 0 atom stereocenters. The Hall–Kier alpha value is -0.920. The normalized spacial score (nSPS) is 11.6. The van der Waals surface area contributed by atoms with Crippen LogP contribution < -0.4 is 4.72 Å². The number of rotatable bonds is 7. The summed E-state index contributed by atoms with van der Waals surface area (Å²) < 4.78 is 25.3. The van der Waals surface area contributed by atoms with Crippen molar-refractivity contribution in [1.82, 2.24) is 4.72 Å². The molecule has 2 N–H and O–H groups in total. The minimum absolute atomic E-state index is 0.239. The van der Waals surface area contributed by atoms with Gasteiger partial charge in [-0.25, -0.2) is 13.1 Å². The minimum Gasteiger partial charge on any atom is -0.481 e. The Kier molecular flexibility index (Phi) is 5.10. The second-order valence-electron chi connectivity index (χ2n) is 3.51. The third-order valence-corrected chi connectivity index (χ3v) is 4.54. The number of aliphatic carboxylic acids is 1. The molecule has 1 aromatic rings. The summed E-state index contributed by atoms with van der Waals surface area (Å²) in [5.74, 6) is -1.49. The van der Waals surface area contributed by atoms with Gasteiger partial charge in [0.25, 0.3) is 0 Å². The van der Waals surface area contributed by atoms with E-state index in [9.17, 15) is 13.2 Å². The van der Waals surface area contributed by atoms with E-state index >= 15 is 0 Å². The van der Waals surface area contributed by atoms with Gasteiger partial charge in [0.2, 0.25) is 10.0 Å². The largest absolute Gasteiger partial charge is 0.481 e. The molecule has 0 saturated carbocycles. The van der Waals surface area contributed by atoms with Crippen molar-refractivity contribution in [3.8, 4) is 0 Å². The molecule has 0 aromatic carbocycles. The number of carboxylic acid groups (broad SMARTS) is 1. The minimum atomic E-state index is -3.50. The Morgan fingerprint density at radius 3 is 2.82 bits per heavy atom. The van der Waals surface area contributed by atoms with Crippen molar-refractivity contribution < 1.29 is 18.3 Å². The Morgan fingerprint density at radius 1 is 1.53 bits per heavy atom. The van der Waals surface area contributed by atoms with Gasteiger partial charge in [-0.2, -0.15) is 0 Å². The van der Waals surface area contributed by atoms with Gasteiger partial charge in [-0.3, -0.25) is 4.79 Å². The molecule has 0 aliphatic rings. The van der Waals surface area contributed by atoms with Crippen molar-refractivity contribution >= 4 is 27.3 Å². The molecular formula is C10H15NO4S2.